The van der Waals surface area contributed by atoms with Gasteiger partial charge in [-0.1, -0.05) is 25.1 Å². The number of aryl methyl sites for hydroxylation is 1. The van der Waals surface area contributed by atoms with Crippen molar-refractivity contribution in [2.24, 2.45) is 5.92 Å². The molecule has 3 unspecified atom stereocenters. The van der Waals surface area contributed by atoms with Gasteiger partial charge in [0, 0.05) is 12.5 Å². The molecule has 1 aliphatic carbocycles. The van der Waals surface area contributed by atoms with Crippen LogP contribution in [0.15, 0.2) is 30.3 Å². The predicted octanol–water partition coefficient (Wildman–Crippen LogP) is 4.35. The molecule has 2 aromatic rings. The lowest BCUT2D eigenvalue weighted by molar-refractivity contribution is -0.00727. The monoisotopic (exact) mass is 442 g/mol. The Morgan fingerprint density at radius 2 is 1.62 bits per heavy atom. The lowest BCUT2D eigenvalue weighted by Gasteiger charge is -2.32. The third-order valence-electron chi connectivity index (χ3n) is 6.04. The topological polar surface area (TPSA) is 77.4 Å². The van der Waals surface area contributed by atoms with Gasteiger partial charge in [-0.3, -0.25) is 0 Å². The van der Waals surface area contributed by atoms with Crippen molar-refractivity contribution in [2.75, 3.05) is 27.9 Å². The summed E-state index contributed by atoms with van der Waals surface area (Å²) >= 11 is 0. The number of aliphatic hydroxyl groups excluding tert-OH is 2. The van der Waals surface area contributed by atoms with E-state index in [-0.39, 0.29) is 18.6 Å². The molecule has 174 valence electrons. The highest BCUT2D eigenvalue weighted by atomic mass is 16.5. The average Bonchev–Trinajstić information content (AvgIpc) is 2.83. The largest absolute Gasteiger partial charge is 0.493 e. The van der Waals surface area contributed by atoms with E-state index in [1.54, 1.807) is 21.3 Å². The van der Waals surface area contributed by atoms with Crippen molar-refractivity contribution in [2.45, 2.75) is 44.8 Å². The molecule has 6 nitrogen and oxygen atoms in total. The van der Waals surface area contributed by atoms with E-state index in [0.29, 0.717) is 30.1 Å². The maximum Gasteiger partial charge on any atom is 0.163 e. The van der Waals surface area contributed by atoms with Gasteiger partial charge in [-0.15, -0.1) is 0 Å². The zero-order chi connectivity index (χ0) is 23.1. The molecular weight excluding hydrogens is 408 g/mol. The molecule has 1 fully saturated rings. The second kappa shape index (κ2) is 11.2. The average molecular weight is 443 g/mol. The van der Waals surface area contributed by atoms with Crippen LogP contribution in [0.2, 0.25) is 0 Å². The first-order valence-electron chi connectivity index (χ1n) is 11.1. The SMILES string of the molecule is CCc1cc(/C=C\c2ccc(OC)c(OC3CCC(O)C(CO)C3)c2)cc(OC)c1OC. The minimum absolute atomic E-state index is 0.0357. The summed E-state index contributed by atoms with van der Waals surface area (Å²) in [7, 11) is 4.92. The summed E-state index contributed by atoms with van der Waals surface area (Å²) in [5.41, 5.74) is 3.08. The van der Waals surface area contributed by atoms with Crippen LogP contribution in [0.3, 0.4) is 0 Å². The summed E-state index contributed by atoms with van der Waals surface area (Å²) < 4.78 is 22.7. The van der Waals surface area contributed by atoms with E-state index in [9.17, 15) is 10.2 Å². The fraction of sp³-hybridized carbons (Fsp3) is 0.462. The van der Waals surface area contributed by atoms with Crippen molar-refractivity contribution < 1.29 is 29.2 Å². The first-order valence-corrected chi connectivity index (χ1v) is 11.1. The summed E-state index contributed by atoms with van der Waals surface area (Å²) in [6, 6.07) is 9.88. The van der Waals surface area contributed by atoms with Crippen molar-refractivity contribution >= 4 is 12.2 Å². The minimum atomic E-state index is -0.467. The number of rotatable bonds is 9. The number of ether oxygens (including phenoxy) is 4. The molecule has 0 aromatic heterocycles. The molecule has 0 bridgehead atoms. The van der Waals surface area contributed by atoms with Crippen LogP contribution in [0.1, 0.15) is 42.9 Å². The molecule has 2 aromatic carbocycles. The van der Waals surface area contributed by atoms with E-state index in [4.69, 9.17) is 18.9 Å². The van der Waals surface area contributed by atoms with Crippen molar-refractivity contribution in [1.82, 2.24) is 0 Å². The molecule has 3 atom stereocenters. The van der Waals surface area contributed by atoms with E-state index in [0.717, 1.165) is 35.3 Å². The lowest BCUT2D eigenvalue weighted by Crippen LogP contribution is -2.36. The van der Waals surface area contributed by atoms with E-state index in [1.807, 2.05) is 36.4 Å². The second-order valence-corrected chi connectivity index (χ2v) is 8.08. The van der Waals surface area contributed by atoms with Crippen molar-refractivity contribution in [3.05, 3.63) is 47.0 Å². The van der Waals surface area contributed by atoms with Gasteiger partial charge in [-0.05, 0) is 66.6 Å². The van der Waals surface area contributed by atoms with Crippen LogP contribution in [-0.4, -0.2) is 50.4 Å². The molecule has 0 spiro atoms. The molecule has 6 heteroatoms. The van der Waals surface area contributed by atoms with E-state index >= 15 is 0 Å². The highest BCUT2D eigenvalue weighted by Gasteiger charge is 2.30. The Labute approximate surface area is 190 Å². The lowest BCUT2D eigenvalue weighted by atomic mass is 9.85. The van der Waals surface area contributed by atoms with Crippen LogP contribution in [0, 0.1) is 5.92 Å². The Morgan fingerprint density at radius 1 is 0.906 bits per heavy atom. The van der Waals surface area contributed by atoms with Crippen molar-refractivity contribution in [3.8, 4) is 23.0 Å². The van der Waals surface area contributed by atoms with Crippen molar-refractivity contribution in [3.63, 3.8) is 0 Å². The summed E-state index contributed by atoms with van der Waals surface area (Å²) in [4.78, 5) is 0. The maximum absolute atomic E-state index is 10.0. The third-order valence-corrected chi connectivity index (χ3v) is 6.04. The molecule has 3 rings (SSSR count). The van der Waals surface area contributed by atoms with Gasteiger partial charge in [-0.25, -0.2) is 0 Å². The van der Waals surface area contributed by atoms with E-state index in [2.05, 4.69) is 13.0 Å². The van der Waals surface area contributed by atoms with E-state index < -0.39 is 6.10 Å². The molecular formula is C26H34O6. The van der Waals surface area contributed by atoms with Crippen LogP contribution >= 0.6 is 0 Å². The summed E-state index contributed by atoms with van der Waals surface area (Å²) in [6.45, 7) is 2.05. The Balaban J connectivity index is 1.82. The van der Waals surface area contributed by atoms with Gasteiger partial charge in [0.05, 0.1) is 33.5 Å². The van der Waals surface area contributed by atoms with Gasteiger partial charge < -0.3 is 29.2 Å². The number of methoxy groups -OCH3 is 3. The van der Waals surface area contributed by atoms with Gasteiger partial charge in [0.2, 0.25) is 0 Å². The molecule has 32 heavy (non-hydrogen) atoms. The predicted molar refractivity (Wildman–Crippen MR) is 126 cm³/mol. The Hall–Kier alpha value is -2.70. The smallest absolute Gasteiger partial charge is 0.163 e. The third kappa shape index (κ3) is 5.56. The van der Waals surface area contributed by atoms with E-state index in [1.165, 1.54) is 0 Å². The molecule has 0 radical (unpaired) electrons. The molecule has 2 N–H and O–H groups in total. The standard InChI is InChI=1S/C26H34O6/c1-5-19-12-18(14-25(30-3)26(19)31-4)7-6-17-8-11-23(29-2)24(13-17)32-21-9-10-22(28)20(15-21)16-27/h6-8,11-14,20-22,27-28H,5,9-10,15-16H2,1-4H3/b7-6-. The summed E-state index contributed by atoms with van der Waals surface area (Å²) in [5, 5.41) is 19.5. The molecule has 1 aliphatic rings. The maximum atomic E-state index is 10.0. The van der Waals surface area contributed by atoms with Gasteiger partial charge in [0.1, 0.15) is 0 Å². The number of hydrogen-bond acceptors (Lipinski definition) is 6. The molecule has 0 amide bonds. The van der Waals surface area contributed by atoms with Crippen molar-refractivity contribution in [1.29, 1.82) is 0 Å². The highest BCUT2D eigenvalue weighted by Crippen LogP contribution is 2.35. The quantitative estimate of drug-likeness (QED) is 0.563. The normalized spacial score (nSPS) is 20.9. The van der Waals surface area contributed by atoms with Gasteiger partial charge in [0.25, 0.3) is 0 Å². The Morgan fingerprint density at radius 3 is 2.28 bits per heavy atom. The zero-order valence-electron chi connectivity index (χ0n) is 19.3. The molecule has 0 aliphatic heterocycles. The van der Waals surface area contributed by atoms with Crippen LogP contribution in [0.5, 0.6) is 23.0 Å². The van der Waals surface area contributed by atoms with Crippen LogP contribution in [-0.2, 0) is 6.42 Å². The zero-order valence-corrected chi connectivity index (χ0v) is 19.3. The van der Waals surface area contributed by atoms with Gasteiger partial charge >= 0.3 is 0 Å². The van der Waals surface area contributed by atoms with Crippen LogP contribution in [0.4, 0.5) is 0 Å². The first kappa shape index (κ1) is 24.0. The molecule has 0 saturated heterocycles. The van der Waals surface area contributed by atoms with Crippen LogP contribution in [0.25, 0.3) is 12.2 Å². The highest BCUT2D eigenvalue weighted by molar-refractivity contribution is 5.73. The number of benzene rings is 2. The first-order chi connectivity index (χ1) is 15.5. The van der Waals surface area contributed by atoms with Gasteiger partial charge in [0.15, 0.2) is 23.0 Å². The Bertz CT molecular complexity index is 898. The fourth-order valence-electron chi connectivity index (χ4n) is 4.20. The second-order valence-electron chi connectivity index (χ2n) is 8.08. The summed E-state index contributed by atoms with van der Waals surface area (Å²) in [5.74, 6) is 2.65. The Kier molecular flexibility index (Phi) is 8.42. The fourth-order valence-corrected chi connectivity index (χ4v) is 4.20. The van der Waals surface area contributed by atoms with Gasteiger partial charge in [-0.2, -0.15) is 0 Å². The minimum Gasteiger partial charge on any atom is -0.493 e. The summed E-state index contributed by atoms with van der Waals surface area (Å²) in [6.07, 6.45) is 6.34. The number of aliphatic hydroxyl groups is 2. The number of hydrogen-bond donors (Lipinski definition) is 2. The molecule has 0 heterocycles. The van der Waals surface area contributed by atoms with Crippen LogP contribution < -0.4 is 18.9 Å². The molecule has 1 saturated carbocycles.